The normalized spacial score (nSPS) is 15.1. The number of ether oxygens (including phenoxy) is 1. The van der Waals surface area contributed by atoms with Gasteiger partial charge in [0.2, 0.25) is 0 Å². The van der Waals surface area contributed by atoms with Gasteiger partial charge < -0.3 is 14.1 Å². The Labute approximate surface area is 241 Å². The molecule has 0 spiro atoms. The van der Waals surface area contributed by atoms with Crippen molar-refractivity contribution >= 4 is 35.1 Å². The van der Waals surface area contributed by atoms with Gasteiger partial charge in [0.1, 0.15) is 17.6 Å². The van der Waals surface area contributed by atoms with Gasteiger partial charge in [-0.1, -0.05) is 59.0 Å². The van der Waals surface area contributed by atoms with E-state index in [0.29, 0.717) is 45.2 Å². The zero-order valence-corrected chi connectivity index (χ0v) is 24.8. The van der Waals surface area contributed by atoms with Gasteiger partial charge in [0, 0.05) is 29.6 Å². The number of nitrogens with zero attached hydrogens (tertiary/aromatic N) is 3. The molecule has 0 unspecified atom stereocenters. The molecule has 0 aliphatic carbocycles. The molecule has 9 heteroatoms. The lowest BCUT2D eigenvalue weighted by Gasteiger charge is -2.29. The fraction of sp³-hybridized carbons (Fsp3) is 0.258. The molecule has 1 aliphatic rings. The van der Waals surface area contributed by atoms with E-state index in [0.717, 1.165) is 15.6 Å². The number of carbonyl (C=O) groups excluding carboxylic acids is 1. The van der Waals surface area contributed by atoms with E-state index in [9.17, 15) is 9.59 Å². The van der Waals surface area contributed by atoms with Crippen molar-refractivity contribution in [1.29, 1.82) is 0 Å². The van der Waals surface area contributed by atoms with Crippen LogP contribution in [0.4, 0.5) is 0 Å². The van der Waals surface area contributed by atoms with Crippen molar-refractivity contribution in [3.05, 3.63) is 109 Å². The van der Waals surface area contributed by atoms with E-state index in [-0.39, 0.29) is 11.5 Å². The lowest BCUT2D eigenvalue weighted by molar-refractivity contribution is -0.127. The molecule has 1 atom stereocenters. The van der Waals surface area contributed by atoms with Crippen LogP contribution in [0, 0.1) is 6.92 Å². The number of carbonyl (C=O) groups is 1. The van der Waals surface area contributed by atoms with E-state index in [1.807, 2.05) is 57.2 Å². The molecule has 0 fully saturated rings. The molecule has 5 rings (SSSR count). The summed E-state index contributed by atoms with van der Waals surface area (Å²) < 4.78 is 13.8. The Kier molecular flexibility index (Phi) is 8.14. The molecular formula is C31H31N3O4S2. The number of benzene rings is 2. The third-order valence-corrected chi connectivity index (χ3v) is 8.76. The number of allylic oxidation sites excluding steroid dienone is 1. The van der Waals surface area contributed by atoms with Crippen molar-refractivity contribution in [1.82, 2.24) is 9.47 Å². The number of hydrogen-bond acceptors (Lipinski definition) is 7. The molecule has 0 saturated heterocycles. The first-order valence-electron chi connectivity index (χ1n) is 13.1. The molecular weight excluding hydrogens is 542 g/mol. The largest absolute Gasteiger partial charge is 0.496 e. The average Bonchev–Trinajstić information content (AvgIpc) is 3.52. The van der Waals surface area contributed by atoms with Crippen molar-refractivity contribution in [2.45, 2.75) is 43.7 Å². The molecule has 4 aromatic rings. The van der Waals surface area contributed by atoms with Gasteiger partial charge in [0.15, 0.2) is 9.89 Å². The van der Waals surface area contributed by atoms with Crippen LogP contribution >= 0.6 is 23.1 Å². The zero-order chi connectivity index (χ0) is 28.4. The van der Waals surface area contributed by atoms with Crippen LogP contribution in [0.1, 0.15) is 43.7 Å². The van der Waals surface area contributed by atoms with Crippen molar-refractivity contribution in [2.24, 2.45) is 4.99 Å². The molecule has 1 amide bonds. The number of amides is 1. The standard InChI is InChI=1S/C31H31N3O4S2/c1-6-33(7-2)30(36)27-20(4)32-31-34(28(27)23-10-8-9-11-24(23)37-5)29(35)25(40-31)18-21-14-17-26(38-21)39-22-15-12-19(3)13-16-22/h8-18,28H,6-7H2,1-5H3/b25-18+/t28-/m0/s1. The SMILES string of the molecule is CCN(CC)C(=O)C1=C(C)N=c2s/c(=C/c3ccc(Sc4ccc(C)cc4)o3)c(=O)n2[C@H]1c1ccccc1OC. The molecule has 0 radical (unpaired) electrons. The number of methoxy groups -OCH3 is 1. The summed E-state index contributed by atoms with van der Waals surface area (Å²) >= 11 is 2.81. The highest BCUT2D eigenvalue weighted by atomic mass is 32.2. The van der Waals surface area contributed by atoms with Crippen LogP contribution in [-0.4, -0.2) is 35.6 Å². The minimum Gasteiger partial charge on any atom is -0.496 e. The van der Waals surface area contributed by atoms with Crippen LogP contribution in [0.15, 0.2) is 96.1 Å². The molecule has 7 nitrogen and oxygen atoms in total. The van der Waals surface area contributed by atoms with E-state index in [2.05, 4.69) is 31.2 Å². The Hall–Kier alpha value is -3.82. The summed E-state index contributed by atoms with van der Waals surface area (Å²) in [6, 6.07) is 18.8. The van der Waals surface area contributed by atoms with Crippen LogP contribution in [0.5, 0.6) is 5.75 Å². The maximum absolute atomic E-state index is 14.0. The summed E-state index contributed by atoms with van der Waals surface area (Å²) in [4.78, 5) is 35.8. The van der Waals surface area contributed by atoms with Gasteiger partial charge in [-0.2, -0.15) is 0 Å². The number of aromatic nitrogens is 1. The molecule has 1 aliphatic heterocycles. The van der Waals surface area contributed by atoms with Gasteiger partial charge in [-0.15, -0.1) is 0 Å². The van der Waals surface area contributed by atoms with Crippen LogP contribution in [0.3, 0.4) is 0 Å². The maximum Gasteiger partial charge on any atom is 0.271 e. The number of aryl methyl sites for hydroxylation is 1. The van der Waals surface area contributed by atoms with Crippen molar-refractivity contribution in [3.8, 4) is 5.75 Å². The van der Waals surface area contributed by atoms with Crippen LogP contribution in [-0.2, 0) is 4.79 Å². The fourth-order valence-electron chi connectivity index (χ4n) is 4.78. The number of thiazole rings is 1. The lowest BCUT2D eigenvalue weighted by atomic mass is 9.94. The number of furan rings is 1. The molecule has 0 saturated carbocycles. The van der Waals surface area contributed by atoms with E-state index < -0.39 is 6.04 Å². The van der Waals surface area contributed by atoms with E-state index in [1.54, 1.807) is 22.7 Å². The van der Waals surface area contributed by atoms with E-state index in [1.165, 1.54) is 28.7 Å². The second kappa shape index (κ2) is 11.7. The molecule has 3 heterocycles. The number of rotatable bonds is 8. The number of para-hydroxylation sites is 1. The first-order valence-corrected chi connectivity index (χ1v) is 14.8. The highest BCUT2D eigenvalue weighted by Crippen LogP contribution is 2.36. The summed E-state index contributed by atoms with van der Waals surface area (Å²) in [6.45, 7) is 8.88. The number of fused-ring (bicyclic) bond motifs is 1. The Morgan fingerprint density at radius 3 is 2.52 bits per heavy atom. The third kappa shape index (κ3) is 5.31. The second-order valence-electron chi connectivity index (χ2n) is 9.37. The Balaban J connectivity index is 1.61. The van der Waals surface area contributed by atoms with E-state index in [4.69, 9.17) is 14.1 Å². The highest BCUT2D eigenvalue weighted by molar-refractivity contribution is 7.99. The van der Waals surface area contributed by atoms with Gasteiger partial charge in [0.25, 0.3) is 11.5 Å². The van der Waals surface area contributed by atoms with Crippen molar-refractivity contribution in [3.63, 3.8) is 0 Å². The molecule has 0 bridgehead atoms. The quantitative estimate of drug-likeness (QED) is 0.291. The van der Waals surface area contributed by atoms with Gasteiger partial charge in [-0.3, -0.25) is 14.2 Å². The first kappa shape index (κ1) is 27.7. The molecule has 2 aromatic carbocycles. The molecule has 0 N–H and O–H groups in total. The Bertz CT molecular complexity index is 1760. The Morgan fingerprint density at radius 1 is 1.10 bits per heavy atom. The first-order chi connectivity index (χ1) is 19.3. The molecule has 40 heavy (non-hydrogen) atoms. The lowest BCUT2D eigenvalue weighted by Crippen LogP contribution is -2.43. The third-order valence-electron chi connectivity index (χ3n) is 6.85. The average molecular weight is 574 g/mol. The van der Waals surface area contributed by atoms with E-state index >= 15 is 0 Å². The van der Waals surface area contributed by atoms with Crippen LogP contribution in [0.25, 0.3) is 6.08 Å². The topological polar surface area (TPSA) is 77.0 Å². The minimum atomic E-state index is -0.674. The summed E-state index contributed by atoms with van der Waals surface area (Å²) in [5.74, 6) is 1.04. The predicted molar refractivity (Wildman–Crippen MR) is 159 cm³/mol. The second-order valence-corrected chi connectivity index (χ2v) is 11.5. The maximum atomic E-state index is 14.0. The summed E-state index contributed by atoms with van der Waals surface area (Å²) in [5, 5.41) is 0.734. The highest BCUT2D eigenvalue weighted by Gasteiger charge is 2.35. The van der Waals surface area contributed by atoms with Crippen LogP contribution in [0.2, 0.25) is 0 Å². The summed E-state index contributed by atoms with van der Waals surface area (Å²) in [7, 11) is 1.59. The number of likely N-dealkylation sites (N-methyl/N-ethyl adjacent to an activating group) is 1. The van der Waals surface area contributed by atoms with Crippen LogP contribution < -0.4 is 19.6 Å². The smallest absolute Gasteiger partial charge is 0.271 e. The molecule has 206 valence electrons. The van der Waals surface area contributed by atoms with Gasteiger partial charge in [-0.25, -0.2) is 4.99 Å². The minimum absolute atomic E-state index is 0.139. The van der Waals surface area contributed by atoms with Gasteiger partial charge >= 0.3 is 0 Å². The van der Waals surface area contributed by atoms with Gasteiger partial charge in [-0.05, 0) is 58.0 Å². The fourth-order valence-corrected chi connectivity index (χ4v) is 6.59. The zero-order valence-electron chi connectivity index (χ0n) is 23.1. The summed E-state index contributed by atoms with van der Waals surface area (Å²) in [6.07, 6.45) is 1.74. The Morgan fingerprint density at radius 2 is 1.82 bits per heavy atom. The predicted octanol–water partition coefficient (Wildman–Crippen LogP) is 5.16. The van der Waals surface area contributed by atoms with Gasteiger partial charge in [0.05, 0.1) is 22.9 Å². The van der Waals surface area contributed by atoms with Crippen molar-refractivity contribution in [2.75, 3.05) is 20.2 Å². The van der Waals surface area contributed by atoms with Crippen molar-refractivity contribution < 1.29 is 13.9 Å². The number of hydrogen-bond donors (Lipinski definition) is 0. The molecule has 2 aromatic heterocycles. The monoisotopic (exact) mass is 573 g/mol. The summed E-state index contributed by atoms with van der Waals surface area (Å²) in [5.41, 5.74) is 2.76.